The molecular formula is C17H13N3O4. The Balaban J connectivity index is 1.80. The van der Waals surface area contributed by atoms with E-state index in [1.807, 2.05) is 0 Å². The number of fused-ring (bicyclic) bond motifs is 1. The molecule has 0 radical (unpaired) electrons. The summed E-state index contributed by atoms with van der Waals surface area (Å²) in [6.45, 7) is -0.214. The molecule has 0 spiro atoms. The van der Waals surface area contributed by atoms with Crippen LogP contribution in [0.15, 0.2) is 59.7 Å². The molecule has 24 heavy (non-hydrogen) atoms. The van der Waals surface area contributed by atoms with Crippen molar-refractivity contribution >= 4 is 28.5 Å². The van der Waals surface area contributed by atoms with Crippen LogP contribution in [0.4, 0.5) is 5.69 Å². The van der Waals surface area contributed by atoms with Crippen LogP contribution in [-0.4, -0.2) is 26.5 Å². The fourth-order valence-electron chi connectivity index (χ4n) is 2.30. The van der Waals surface area contributed by atoms with Crippen molar-refractivity contribution in [2.45, 2.75) is 6.54 Å². The van der Waals surface area contributed by atoms with Crippen LogP contribution in [0.5, 0.6) is 0 Å². The van der Waals surface area contributed by atoms with Gasteiger partial charge in [-0.15, -0.1) is 0 Å². The molecule has 0 aliphatic heterocycles. The monoisotopic (exact) mass is 323 g/mol. The first kappa shape index (κ1) is 15.4. The van der Waals surface area contributed by atoms with Gasteiger partial charge in [0.1, 0.15) is 6.54 Å². The van der Waals surface area contributed by atoms with Gasteiger partial charge in [0.05, 0.1) is 22.8 Å². The summed E-state index contributed by atoms with van der Waals surface area (Å²) in [5.74, 6) is -1.53. The number of nitrogens with zero attached hydrogens (tertiary/aromatic N) is 2. The number of hydrogen-bond donors (Lipinski definition) is 2. The third kappa shape index (κ3) is 3.14. The number of carboxylic acid groups (broad SMARTS) is 1. The number of anilines is 1. The van der Waals surface area contributed by atoms with Crippen LogP contribution in [0.2, 0.25) is 0 Å². The van der Waals surface area contributed by atoms with Gasteiger partial charge in [-0.3, -0.25) is 14.2 Å². The Labute approximate surface area is 136 Å². The second kappa shape index (κ2) is 6.33. The van der Waals surface area contributed by atoms with Crippen molar-refractivity contribution in [3.8, 4) is 0 Å². The Morgan fingerprint density at radius 3 is 2.71 bits per heavy atom. The lowest BCUT2D eigenvalue weighted by Crippen LogP contribution is -2.27. The van der Waals surface area contributed by atoms with E-state index in [9.17, 15) is 14.4 Å². The minimum Gasteiger partial charge on any atom is -0.478 e. The van der Waals surface area contributed by atoms with E-state index in [0.717, 1.165) is 0 Å². The van der Waals surface area contributed by atoms with E-state index in [1.165, 1.54) is 29.1 Å². The van der Waals surface area contributed by atoms with Crippen molar-refractivity contribution < 1.29 is 14.7 Å². The van der Waals surface area contributed by atoms with Crippen molar-refractivity contribution in [2.24, 2.45) is 0 Å². The summed E-state index contributed by atoms with van der Waals surface area (Å²) in [7, 11) is 0. The van der Waals surface area contributed by atoms with Gasteiger partial charge >= 0.3 is 5.97 Å². The zero-order valence-electron chi connectivity index (χ0n) is 12.5. The quantitative estimate of drug-likeness (QED) is 0.761. The Morgan fingerprint density at radius 1 is 1.12 bits per heavy atom. The van der Waals surface area contributed by atoms with Gasteiger partial charge in [-0.1, -0.05) is 18.2 Å². The highest BCUT2D eigenvalue weighted by Crippen LogP contribution is 2.11. The average molecular weight is 323 g/mol. The van der Waals surface area contributed by atoms with Crippen LogP contribution in [0, 0.1) is 0 Å². The Hall–Kier alpha value is -3.48. The van der Waals surface area contributed by atoms with Gasteiger partial charge < -0.3 is 10.4 Å². The SMILES string of the molecule is O=C(Cn1cnc2ccccc2c1=O)Nc1cccc(C(=O)O)c1. The lowest BCUT2D eigenvalue weighted by molar-refractivity contribution is -0.116. The molecule has 120 valence electrons. The Bertz CT molecular complexity index is 994. The fraction of sp³-hybridized carbons (Fsp3) is 0.0588. The highest BCUT2D eigenvalue weighted by molar-refractivity contribution is 5.93. The molecule has 3 rings (SSSR count). The molecule has 0 aliphatic rings. The number of nitrogens with one attached hydrogen (secondary N) is 1. The highest BCUT2D eigenvalue weighted by atomic mass is 16.4. The number of carbonyl (C=O) groups is 2. The number of benzene rings is 2. The smallest absolute Gasteiger partial charge is 0.335 e. The maximum Gasteiger partial charge on any atom is 0.335 e. The molecule has 2 N–H and O–H groups in total. The molecule has 7 nitrogen and oxygen atoms in total. The number of aromatic carboxylic acids is 1. The predicted molar refractivity (Wildman–Crippen MR) is 88.0 cm³/mol. The molecule has 1 aromatic heterocycles. The zero-order chi connectivity index (χ0) is 17.1. The molecule has 0 saturated carbocycles. The van der Waals surface area contributed by atoms with Gasteiger partial charge in [-0.2, -0.15) is 0 Å². The van der Waals surface area contributed by atoms with Crippen molar-refractivity contribution in [2.75, 3.05) is 5.32 Å². The first-order valence-corrected chi connectivity index (χ1v) is 7.12. The van der Waals surface area contributed by atoms with Crippen LogP contribution in [-0.2, 0) is 11.3 Å². The number of amides is 1. The maximum atomic E-state index is 12.3. The third-order valence-electron chi connectivity index (χ3n) is 3.44. The van der Waals surface area contributed by atoms with Gasteiger partial charge in [-0.05, 0) is 30.3 Å². The molecule has 3 aromatic rings. The van der Waals surface area contributed by atoms with Gasteiger partial charge in [0.15, 0.2) is 0 Å². The van der Waals surface area contributed by atoms with Gasteiger partial charge in [-0.25, -0.2) is 9.78 Å². The highest BCUT2D eigenvalue weighted by Gasteiger charge is 2.09. The Morgan fingerprint density at radius 2 is 1.92 bits per heavy atom. The topological polar surface area (TPSA) is 101 Å². The van der Waals surface area contributed by atoms with Crippen LogP contribution in [0.3, 0.4) is 0 Å². The number of carboxylic acids is 1. The summed E-state index contributed by atoms with van der Waals surface area (Å²) in [5.41, 5.74) is 0.669. The fourth-order valence-corrected chi connectivity index (χ4v) is 2.30. The van der Waals surface area contributed by atoms with Crippen LogP contribution in [0.25, 0.3) is 10.9 Å². The molecular weight excluding hydrogens is 310 g/mol. The number of rotatable bonds is 4. The van der Waals surface area contributed by atoms with E-state index >= 15 is 0 Å². The minimum atomic E-state index is -1.08. The summed E-state index contributed by atoms with van der Waals surface area (Å²) >= 11 is 0. The Kier molecular flexibility index (Phi) is 4.07. The molecule has 0 fully saturated rings. The molecule has 0 unspecified atom stereocenters. The predicted octanol–water partition coefficient (Wildman–Crippen LogP) is 1.73. The second-order valence-electron chi connectivity index (χ2n) is 5.13. The van der Waals surface area contributed by atoms with Crippen LogP contribution >= 0.6 is 0 Å². The number of carbonyl (C=O) groups excluding carboxylic acids is 1. The summed E-state index contributed by atoms with van der Waals surface area (Å²) in [6.07, 6.45) is 1.32. The van der Waals surface area contributed by atoms with Crippen molar-refractivity contribution in [3.63, 3.8) is 0 Å². The normalized spacial score (nSPS) is 10.5. The first-order chi connectivity index (χ1) is 11.5. The summed E-state index contributed by atoms with van der Waals surface area (Å²) in [4.78, 5) is 39.5. The molecule has 2 aromatic carbocycles. The van der Waals surface area contributed by atoms with Gasteiger partial charge in [0.25, 0.3) is 5.56 Å². The average Bonchev–Trinajstić information content (AvgIpc) is 2.58. The molecule has 0 atom stereocenters. The van der Waals surface area contributed by atoms with Crippen LogP contribution in [0.1, 0.15) is 10.4 Å². The molecule has 1 heterocycles. The first-order valence-electron chi connectivity index (χ1n) is 7.12. The molecule has 7 heteroatoms. The van der Waals surface area contributed by atoms with Crippen molar-refractivity contribution in [3.05, 3.63) is 70.8 Å². The lowest BCUT2D eigenvalue weighted by Gasteiger charge is -2.08. The van der Waals surface area contributed by atoms with Gasteiger partial charge in [0, 0.05) is 5.69 Å². The second-order valence-corrected chi connectivity index (χ2v) is 5.13. The number of aromatic nitrogens is 2. The van der Waals surface area contributed by atoms with E-state index in [-0.39, 0.29) is 17.7 Å². The van der Waals surface area contributed by atoms with E-state index < -0.39 is 11.9 Å². The molecule has 0 saturated heterocycles. The third-order valence-corrected chi connectivity index (χ3v) is 3.44. The summed E-state index contributed by atoms with van der Waals surface area (Å²) in [5, 5.41) is 12.0. The summed E-state index contributed by atoms with van der Waals surface area (Å²) < 4.78 is 1.21. The van der Waals surface area contributed by atoms with Crippen molar-refractivity contribution in [1.29, 1.82) is 0 Å². The van der Waals surface area contributed by atoms with E-state index in [4.69, 9.17) is 5.11 Å². The number of hydrogen-bond acceptors (Lipinski definition) is 4. The van der Waals surface area contributed by atoms with E-state index in [1.54, 1.807) is 30.3 Å². The van der Waals surface area contributed by atoms with Gasteiger partial charge in [0.2, 0.25) is 5.91 Å². The van der Waals surface area contributed by atoms with Crippen molar-refractivity contribution in [1.82, 2.24) is 9.55 Å². The lowest BCUT2D eigenvalue weighted by atomic mass is 10.2. The number of para-hydroxylation sites is 1. The summed E-state index contributed by atoms with van der Waals surface area (Å²) in [6, 6.07) is 12.8. The molecule has 0 bridgehead atoms. The zero-order valence-corrected chi connectivity index (χ0v) is 12.5. The van der Waals surface area contributed by atoms with E-state index in [0.29, 0.717) is 16.6 Å². The van der Waals surface area contributed by atoms with E-state index in [2.05, 4.69) is 10.3 Å². The largest absolute Gasteiger partial charge is 0.478 e. The molecule has 0 aliphatic carbocycles. The minimum absolute atomic E-state index is 0.0670. The van der Waals surface area contributed by atoms with Crippen LogP contribution < -0.4 is 10.9 Å². The molecule has 1 amide bonds. The standard InChI is InChI=1S/C17H13N3O4/c21-15(19-12-5-3-4-11(8-12)17(23)24)9-20-10-18-14-7-2-1-6-13(14)16(20)22/h1-8,10H,9H2,(H,19,21)(H,23,24). The maximum absolute atomic E-state index is 12.3.